The topological polar surface area (TPSA) is 81.3 Å². The van der Waals surface area contributed by atoms with Crippen LogP contribution in [0.25, 0.3) is 10.3 Å². The van der Waals surface area contributed by atoms with E-state index in [1.165, 1.54) is 11.3 Å². The minimum absolute atomic E-state index is 0.437. The van der Waals surface area contributed by atoms with E-state index in [1.54, 1.807) is 12.3 Å². The van der Waals surface area contributed by atoms with E-state index in [1.807, 2.05) is 6.92 Å². The van der Waals surface area contributed by atoms with Crippen LogP contribution >= 0.6 is 11.3 Å². The molecule has 0 saturated carbocycles. The summed E-state index contributed by atoms with van der Waals surface area (Å²) >= 11 is 1.30. The molecule has 2 aromatic rings. The summed E-state index contributed by atoms with van der Waals surface area (Å²) in [6, 6.07) is 1.72. The Morgan fingerprint density at radius 3 is 3.20 bits per heavy atom. The maximum atomic E-state index is 9.56. The lowest BCUT2D eigenvalue weighted by Crippen LogP contribution is -2.01. The second-order valence-corrected chi connectivity index (χ2v) is 3.96. The predicted molar refractivity (Wildman–Crippen MR) is 58.4 cm³/mol. The molecule has 0 saturated heterocycles. The molecule has 6 heteroatoms. The van der Waals surface area contributed by atoms with Crippen molar-refractivity contribution in [3.05, 3.63) is 17.3 Å². The highest BCUT2D eigenvalue weighted by Gasteiger charge is 2.13. The second kappa shape index (κ2) is 4.09. The van der Waals surface area contributed by atoms with Crippen molar-refractivity contribution in [1.82, 2.24) is 9.97 Å². The van der Waals surface area contributed by atoms with Crippen LogP contribution in [0.5, 0.6) is 0 Å². The average molecular weight is 225 g/mol. The molecule has 0 aliphatic rings. The van der Waals surface area contributed by atoms with Crippen LogP contribution in [0.15, 0.2) is 12.3 Å². The molecule has 0 aliphatic heterocycles. The zero-order valence-corrected chi connectivity index (χ0v) is 8.99. The van der Waals surface area contributed by atoms with Crippen molar-refractivity contribution in [1.29, 1.82) is 0 Å². The fraction of sp³-hybridized carbons (Fsp3) is 0.333. The first-order valence-electron chi connectivity index (χ1n) is 4.52. The number of anilines is 1. The highest BCUT2D eigenvalue weighted by molar-refractivity contribution is 7.18. The van der Waals surface area contributed by atoms with Gasteiger partial charge < -0.3 is 15.6 Å². The van der Waals surface area contributed by atoms with Crippen LogP contribution in [0.3, 0.4) is 0 Å². The molecule has 2 aromatic heterocycles. The van der Waals surface area contributed by atoms with E-state index in [0.29, 0.717) is 22.8 Å². The number of thiazole rings is 1. The van der Waals surface area contributed by atoms with Gasteiger partial charge in [-0.3, -0.25) is 0 Å². The van der Waals surface area contributed by atoms with E-state index in [-0.39, 0.29) is 0 Å². The first-order valence-corrected chi connectivity index (χ1v) is 5.34. The van der Waals surface area contributed by atoms with Gasteiger partial charge in [0.25, 0.3) is 0 Å². The normalized spacial score (nSPS) is 13.2. The molecule has 0 aromatic carbocycles. The molecule has 5 nitrogen and oxygen atoms in total. The van der Waals surface area contributed by atoms with Crippen LogP contribution < -0.4 is 5.73 Å². The van der Waals surface area contributed by atoms with Crippen LogP contribution in [-0.2, 0) is 4.74 Å². The van der Waals surface area contributed by atoms with Crippen molar-refractivity contribution in [2.45, 2.75) is 13.2 Å². The van der Waals surface area contributed by atoms with Gasteiger partial charge in [0.15, 0.2) is 5.01 Å². The maximum absolute atomic E-state index is 9.56. The Labute approximate surface area is 90.5 Å². The maximum Gasteiger partial charge on any atom is 0.208 e. The number of ether oxygens (including phenoxy) is 1. The van der Waals surface area contributed by atoms with Crippen LogP contribution in [-0.4, -0.2) is 21.7 Å². The Hall–Kier alpha value is -1.24. The van der Waals surface area contributed by atoms with Crippen molar-refractivity contribution in [2.24, 2.45) is 0 Å². The third kappa shape index (κ3) is 2.06. The number of nitrogens with zero attached hydrogens (tertiary/aromatic N) is 2. The highest BCUT2D eigenvalue weighted by Crippen LogP contribution is 2.26. The number of aliphatic hydroxyl groups is 1. The molecule has 1 atom stereocenters. The minimum atomic E-state index is -0.976. The first-order chi connectivity index (χ1) is 7.20. The number of rotatable bonds is 3. The van der Waals surface area contributed by atoms with Crippen molar-refractivity contribution in [2.75, 3.05) is 12.3 Å². The summed E-state index contributed by atoms with van der Waals surface area (Å²) < 4.78 is 5.03. The van der Waals surface area contributed by atoms with Gasteiger partial charge in [0, 0.05) is 6.61 Å². The minimum Gasteiger partial charge on any atom is -0.397 e. The lowest BCUT2D eigenvalue weighted by atomic mass is 10.4. The molecule has 0 aliphatic carbocycles. The number of nitrogens with two attached hydrogens (primary N) is 1. The SMILES string of the molecule is CCOC(O)c1nc2cc(N)cnc2s1. The molecule has 2 heterocycles. The Morgan fingerprint density at radius 2 is 2.47 bits per heavy atom. The second-order valence-electron chi connectivity index (χ2n) is 2.95. The molecular weight excluding hydrogens is 214 g/mol. The van der Waals surface area contributed by atoms with Gasteiger partial charge in [-0.25, -0.2) is 9.97 Å². The summed E-state index contributed by atoms with van der Waals surface area (Å²) in [5, 5.41) is 10.1. The molecule has 15 heavy (non-hydrogen) atoms. The van der Waals surface area contributed by atoms with Crippen molar-refractivity contribution in [3.63, 3.8) is 0 Å². The van der Waals surface area contributed by atoms with Gasteiger partial charge in [-0.15, -0.1) is 0 Å². The van der Waals surface area contributed by atoms with E-state index in [0.717, 1.165) is 4.83 Å². The Balaban J connectivity index is 2.38. The summed E-state index contributed by atoms with van der Waals surface area (Å²) in [5.41, 5.74) is 6.83. The van der Waals surface area contributed by atoms with E-state index in [9.17, 15) is 5.11 Å². The van der Waals surface area contributed by atoms with Gasteiger partial charge in [0.05, 0.1) is 11.9 Å². The largest absolute Gasteiger partial charge is 0.397 e. The number of hydrogen-bond donors (Lipinski definition) is 2. The summed E-state index contributed by atoms with van der Waals surface area (Å²) in [6.07, 6.45) is 0.590. The van der Waals surface area contributed by atoms with Gasteiger partial charge in [0.2, 0.25) is 6.29 Å². The summed E-state index contributed by atoms with van der Waals surface area (Å²) in [7, 11) is 0. The fourth-order valence-corrected chi connectivity index (χ4v) is 2.02. The predicted octanol–water partition coefficient (Wildman–Crippen LogP) is 1.30. The van der Waals surface area contributed by atoms with Crippen LogP contribution in [0.2, 0.25) is 0 Å². The van der Waals surface area contributed by atoms with Crippen molar-refractivity contribution >= 4 is 27.4 Å². The molecule has 0 radical (unpaired) electrons. The Morgan fingerprint density at radius 1 is 1.67 bits per heavy atom. The number of nitrogen functional groups attached to an aromatic ring is 1. The average Bonchev–Trinajstić information content (AvgIpc) is 2.60. The molecular formula is C9H11N3O2S. The monoisotopic (exact) mass is 225 g/mol. The summed E-state index contributed by atoms with van der Waals surface area (Å²) in [6.45, 7) is 2.25. The van der Waals surface area contributed by atoms with Gasteiger partial charge in [0.1, 0.15) is 10.3 Å². The molecule has 0 spiro atoms. The van der Waals surface area contributed by atoms with Crippen LogP contribution in [0.1, 0.15) is 18.2 Å². The number of pyridine rings is 1. The third-order valence-electron chi connectivity index (χ3n) is 1.82. The lowest BCUT2D eigenvalue weighted by molar-refractivity contribution is -0.0979. The van der Waals surface area contributed by atoms with Gasteiger partial charge in [-0.05, 0) is 13.0 Å². The third-order valence-corrected chi connectivity index (χ3v) is 2.83. The number of hydrogen-bond acceptors (Lipinski definition) is 6. The van der Waals surface area contributed by atoms with E-state index >= 15 is 0 Å². The Kier molecular flexibility index (Phi) is 2.81. The summed E-state index contributed by atoms with van der Waals surface area (Å²) in [4.78, 5) is 9.05. The fourth-order valence-electron chi connectivity index (χ4n) is 1.19. The standard InChI is InChI=1S/C9H11N3O2S/c1-2-14-9(13)8-12-6-3-5(10)4-11-7(6)15-8/h3-4,9,13H,2,10H2,1H3. The zero-order chi connectivity index (χ0) is 10.8. The van der Waals surface area contributed by atoms with Crippen LogP contribution in [0.4, 0.5) is 5.69 Å². The molecule has 0 fully saturated rings. The quantitative estimate of drug-likeness (QED) is 0.769. The number of aliphatic hydroxyl groups excluding tert-OH is 1. The van der Waals surface area contributed by atoms with E-state index < -0.39 is 6.29 Å². The van der Waals surface area contributed by atoms with Crippen LogP contribution in [0, 0.1) is 0 Å². The van der Waals surface area contributed by atoms with Gasteiger partial charge in [-0.2, -0.15) is 0 Å². The van der Waals surface area contributed by atoms with Gasteiger partial charge >= 0.3 is 0 Å². The van der Waals surface area contributed by atoms with Crippen molar-refractivity contribution in [3.8, 4) is 0 Å². The lowest BCUT2D eigenvalue weighted by Gasteiger charge is -2.05. The molecule has 1 unspecified atom stereocenters. The Bertz CT molecular complexity index is 471. The molecule has 0 amide bonds. The highest BCUT2D eigenvalue weighted by atomic mass is 32.1. The number of fused-ring (bicyclic) bond motifs is 1. The zero-order valence-electron chi connectivity index (χ0n) is 8.17. The molecule has 80 valence electrons. The van der Waals surface area contributed by atoms with Crippen molar-refractivity contribution < 1.29 is 9.84 Å². The van der Waals surface area contributed by atoms with Gasteiger partial charge in [-0.1, -0.05) is 11.3 Å². The van der Waals surface area contributed by atoms with E-state index in [2.05, 4.69) is 9.97 Å². The molecule has 3 N–H and O–H groups in total. The van der Waals surface area contributed by atoms with E-state index in [4.69, 9.17) is 10.5 Å². The molecule has 0 bridgehead atoms. The molecule has 2 rings (SSSR count). The summed E-state index contributed by atoms with van der Waals surface area (Å²) in [5.74, 6) is 0. The first kappa shape index (κ1) is 10.3. The smallest absolute Gasteiger partial charge is 0.208 e. The number of aromatic nitrogens is 2.